The number of fused-ring (bicyclic) bond motifs is 1. The van der Waals surface area contributed by atoms with Gasteiger partial charge >= 0.3 is 7.60 Å². The minimum atomic E-state index is -4.37. The van der Waals surface area contributed by atoms with Crippen molar-refractivity contribution in [3.05, 3.63) is 23.0 Å². The molecule has 0 unspecified atom stereocenters. The Kier molecular flexibility index (Phi) is 3.59. The number of aromatic amines is 1. The van der Waals surface area contributed by atoms with Crippen molar-refractivity contribution in [3.63, 3.8) is 0 Å². The van der Waals surface area contributed by atoms with Gasteiger partial charge in [0.15, 0.2) is 11.2 Å². The third-order valence-corrected chi connectivity index (χ3v) is 4.30. The molecule has 22 heavy (non-hydrogen) atoms. The quantitative estimate of drug-likeness (QED) is 0.618. The molecular formula is C11H14N5O5P. The highest BCUT2D eigenvalue weighted by Gasteiger charge is 2.31. The Morgan fingerprint density at radius 2 is 2.23 bits per heavy atom. The van der Waals surface area contributed by atoms with Crippen molar-refractivity contribution in [1.82, 2.24) is 24.4 Å². The number of nitrogens with zero attached hydrogens (tertiary/aromatic N) is 4. The van der Waals surface area contributed by atoms with E-state index in [1.807, 2.05) is 0 Å². The zero-order valence-electron chi connectivity index (χ0n) is 11.4. The smallest absolute Gasteiger partial charge is 0.334 e. The molecule has 1 saturated heterocycles. The molecule has 2 aromatic rings. The van der Waals surface area contributed by atoms with Gasteiger partial charge in [-0.15, -0.1) is 0 Å². The second-order valence-corrected chi connectivity index (χ2v) is 6.81. The fourth-order valence-electron chi connectivity index (χ4n) is 2.60. The predicted octanol–water partition coefficient (Wildman–Crippen LogP) is -0.929. The normalized spacial score (nSPS) is 19.0. The average molecular weight is 327 g/mol. The number of nitrogens with one attached hydrogen (secondary N) is 1. The van der Waals surface area contributed by atoms with Crippen molar-refractivity contribution in [2.24, 2.45) is 0 Å². The summed E-state index contributed by atoms with van der Waals surface area (Å²) in [6.45, 7) is 0.700. The van der Waals surface area contributed by atoms with Gasteiger partial charge in [-0.2, -0.15) is 0 Å². The number of likely N-dealkylation sites (tertiary alicyclic amines) is 1. The molecule has 3 N–H and O–H groups in total. The maximum atomic E-state index is 11.8. The van der Waals surface area contributed by atoms with E-state index >= 15 is 0 Å². The van der Waals surface area contributed by atoms with E-state index in [2.05, 4.69) is 15.0 Å². The summed E-state index contributed by atoms with van der Waals surface area (Å²) in [5.41, 5.74) is 0.316. The van der Waals surface area contributed by atoms with Crippen molar-refractivity contribution >= 4 is 24.7 Å². The highest BCUT2D eigenvalue weighted by molar-refractivity contribution is 7.52. The summed E-state index contributed by atoms with van der Waals surface area (Å²) >= 11 is 0. The molecule has 1 amide bonds. The first-order valence-corrected chi connectivity index (χ1v) is 8.37. The molecule has 0 aromatic carbocycles. The third-order valence-electron chi connectivity index (χ3n) is 3.62. The van der Waals surface area contributed by atoms with E-state index in [1.165, 1.54) is 17.6 Å². The summed E-state index contributed by atoms with van der Waals surface area (Å²) in [6, 6.07) is -0.125. The Balaban J connectivity index is 1.80. The molecule has 2 aromatic heterocycles. The number of hydrogen-bond acceptors (Lipinski definition) is 5. The fraction of sp³-hybridized carbons (Fsp3) is 0.455. The van der Waals surface area contributed by atoms with Crippen molar-refractivity contribution < 1.29 is 19.1 Å². The van der Waals surface area contributed by atoms with Crippen molar-refractivity contribution in [3.8, 4) is 0 Å². The molecule has 0 bridgehead atoms. The van der Waals surface area contributed by atoms with Crippen molar-refractivity contribution in [1.29, 1.82) is 0 Å². The number of imidazole rings is 1. The van der Waals surface area contributed by atoms with Crippen LogP contribution in [0.3, 0.4) is 0 Å². The molecule has 1 atom stereocenters. The number of hydrogen-bond donors (Lipinski definition) is 3. The number of carbonyl (C=O) groups is 1. The number of aromatic nitrogens is 4. The molecule has 118 valence electrons. The maximum Gasteiger partial charge on any atom is 0.334 e. The van der Waals surface area contributed by atoms with Gasteiger partial charge in [-0.1, -0.05) is 0 Å². The number of H-pyrrole nitrogens is 1. The zero-order chi connectivity index (χ0) is 15.9. The second-order valence-electron chi connectivity index (χ2n) is 5.16. The van der Waals surface area contributed by atoms with Crippen LogP contribution in [-0.2, 0) is 9.36 Å². The standard InChI is InChI=1S/C11H14N5O5P/c17-8(4-22(19,20)21)15-2-1-7(3-15)16-6-14-9-10(16)12-5-13-11(9)18/h5-7H,1-4H2,(H,12,13,18)(H2,19,20,21)/t7-/m1/s1. The van der Waals surface area contributed by atoms with Gasteiger partial charge in [0, 0.05) is 13.1 Å². The number of carbonyl (C=O) groups excluding carboxylic acids is 1. The van der Waals surface area contributed by atoms with E-state index in [-0.39, 0.29) is 17.1 Å². The Morgan fingerprint density at radius 3 is 2.95 bits per heavy atom. The van der Waals surface area contributed by atoms with Gasteiger partial charge in [-0.3, -0.25) is 14.2 Å². The van der Waals surface area contributed by atoms with Crippen LogP contribution in [0.4, 0.5) is 0 Å². The van der Waals surface area contributed by atoms with Crippen LogP contribution in [0.15, 0.2) is 17.4 Å². The average Bonchev–Trinajstić information content (AvgIpc) is 3.03. The van der Waals surface area contributed by atoms with Crippen LogP contribution in [0.1, 0.15) is 12.5 Å². The summed E-state index contributed by atoms with van der Waals surface area (Å²) in [5, 5.41) is 0. The lowest BCUT2D eigenvalue weighted by Gasteiger charge is -2.17. The number of rotatable bonds is 3. The van der Waals surface area contributed by atoms with Gasteiger partial charge in [0.05, 0.1) is 18.7 Å². The second kappa shape index (κ2) is 5.31. The molecule has 1 aliphatic rings. The van der Waals surface area contributed by atoms with Crippen LogP contribution in [0.25, 0.3) is 11.2 Å². The summed E-state index contributed by atoms with van der Waals surface area (Å²) in [7, 11) is -4.37. The van der Waals surface area contributed by atoms with Crippen molar-refractivity contribution in [2.75, 3.05) is 19.3 Å². The first-order chi connectivity index (χ1) is 10.3. The number of amides is 1. The van der Waals surface area contributed by atoms with E-state index in [0.29, 0.717) is 25.2 Å². The molecule has 0 radical (unpaired) electrons. The molecule has 10 nitrogen and oxygen atoms in total. The predicted molar refractivity (Wildman–Crippen MR) is 75.3 cm³/mol. The molecule has 1 aliphatic heterocycles. The molecule has 3 rings (SSSR count). The van der Waals surface area contributed by atoms with Gasteiger partial charge in [-0.05, 0) is 6.42 Å². The molecule has 3 heterocycles. The monoisotopic (exact) mass is 327 g/mol. The van der Waals surface area contributed by atoms with E-state index in [0.717, 1.165) is 0 Å². The van der Waals surface area contributed by atoms with Crippen LogP contribution in [-0.4, -0.2) is 59.4 Å². The zero-order valence-corrected chi connectivity index (χ0v) is 12.3. The molecule has 0 saturated carbocycles. The van der Waals surface area contributed by atoms with Gasteiger partial charge in [0.2, 0.25) is 5.91 Å². The van der Waals surface area contributed by atoms with Gasteiger partial charge in [-0.25, -0.2) is 9.97 Å². The Bertz CT molecular complexity index is 824. The topological polar surface area (TPSA) is 141 Å². The Labute approximate surface area is 124 Å². The molecule has 11 heteroatoms. The SMILES string of the molecule is O=C(CP(=O)(O)O)N1CC[C@@H](n2cnc3c(=O)[nH]cnc32)C1. The highest BCUT2D eigenvalue weighted by atomic mass is 31.2. The minimum absolute atomic E-state index is 0.125. The highest BCUT2D eigenvalue weighted by Crippen LogP contribution is 2.35. The van der Waals surface area contributed by atoms with Crippen LogP contribution in [0.2, 0.25) is 0 Å². The van der Waals surface area contributed by atoms with Crippen LogP contribution in [0.5, 0.6) is 0 Å². The summed E-state index contributed by atoms with van der Waals surface area (Å²) < 4.78 is 12.6. The lowest BCUT2D eigenvalue weighted by molar-refractivity contribution is -0.127. The molecule has 1 fully saturated rings. The molecule has 0 aliphatic carbocycles. The van der Waals surface area contributed by atoms with E-state index in [1.54, 1.807) is 4.57 Å². The van der Waals surface area contributed by atoms with Crippen LogP contribution < -0.4 is 5.56 Å². The van der Waals surface area contributed by atoms with Crippen LogP contribution in [0, 0.1) is 0 Å². The Morgan fingerprint density at radius 1 is 1.45 bits per heavy atom. The summed E-state index contributed by atoms with van der Waals surface area (Å²) in [6.07, 6.45) is 2.60. The van der Waals surface area contributed by atoms with Gasteiger partial charge in [0.25, 0.3) is 5.56 Å². The maximum absolute atomic E-state index is 11.8. The van der Waals surface area contributed by atoms with E-state index in [4.69, 9.17) is 9.79 Å². The van der Waals surface area contributed by atoms with E-state index in [9.17, 15) is 14.2 Å². The lowest BCUT2D eigenvalue weighted by atomic mass is 10.2. The van der Waals surface area contributed by atoms with Gasteiger partial charge < -0.3 is 24.2 Å². The van der Waals surface area contributed by atoms with Crippen LogP contribution >= 0.6 is 7.60 Å². The summed E-state index contributed by atoms with van der Waals surface area (Å²) in [4.78, 5) is 53.1. The minimum Gasteiger partial charge on any atom is -0.340 e. The largest absolute Gasteiger partial charge is 0.340 e. The van der Waals surface area contributed by atoms with E-state index < -0.39 is 19.7 Å². The molecular weight excluding hydrogens is 313 g/mol. The lowest BCUT2D eigenvalue weighted by Crippen LogP contribution is -2.31. The first-order valence-electron chi connectivity index (χ1n) is 6.58. The third kappa shape index (κ3) is 2.80. The first kappa shape index (κ1) is 14.9. The fourth-order valence-corrected chi connectivity index (χ4v) is 3.15. The van der Waals surface area contributed by atoms with Crippen molar-refractivity contribution in [2.45, 2.75) is 12.5 Å². The Hall–Kier alpha value is -2.03. The molecule has 0 spiro atoms. The summed E-state index contributed by atoms with van der Waals surface area (Å²) in [5.74, 6) is -0.578. The van der Waals surface area contributed by atoms with Gasteiger partial charge in [0.1, 0.15) is 6.16 Å².